The Hall–Kier alpha value is -2.05. The molecule has 0 spiro atoms. The lowest BCUT2D eigenvalue weighted by molar-refractivity contribution is -0.129. The molecule has 0 aliphatic carbocycles. The summed E-state index contributed by atoms with van der Waals surface area (Å²) in [5, 5.41) is 13.1. The van der Waals surface area contributed by atoms with Crippen molar-refractivity contribution in [1.29, 1.82) is 0 Å². The van der Waals surface area contributed by atoms with Crippen LogP contribution in [0, 0.1) is 0 Å². The molecular weight excluding hydrogens is 224 g/mol. The van der Waals surface area contributed by atoms with Crippen LogP contribution in [0.25, 0.3) is 10.4 Å². The van der Waals surface area contributed by atoms with Gasteiger partial charge in [-0.3, -0.25) is 4.79 Å². The molecule has 90 valence electrons. The molecule has 0 unspecified atom stereocenters. The van der Waals surface area contributed by atoms with Crippen LogP contribution < -0.4 is 0 Å². The van der Waals surface area contributed by atoms with Gasteiger partial charge in [0, 0.05) is 30.4 Å². The fourth-order valence-electron chi connectivity index (χ4n) is 1.92. The number of aliphatic hydroxyl groups excluding tert-OH is 1. The van der Waals surface area contributed by atoms with E-state index >= 15 is 0 Å². The first-order valence-corrected chi connectivity index (χ1v) is 5.16. The molecule has 1 saturated heterocycles. The van der Waals surface area contributed by atoms with Crippen molar-refractivity contribution < 1.29 is 9.90 Å². The second kappa shape index (κ2) is 4.86. The van der Waals surface area contributed by atoms with Gasteiger partial charge in [-0.15, -0.1) is 0 Å². The van der Waals surface area contributed by atoms with Crippen molar-refractivity contribution in [2.75, 3.05) is 19.6 Å². The average Bonchev–Trinajstić information content (AvgIpc) is 2.94. The van der Waals surface area contributed by atoms with E-state index in [2.05, 4.69) is 15.0 Å². The van der Waals surface area contributed by atoms with Crippen LogP contribution in [-0.2, 0) is 4.79 Å². The van der Waals surface area contributed by atoms with Crippen molar-refractivity contribution in [3.05, 3.63) is 29.2 Å². The van der Waals surface area contributed by atoms with Crippen LogP contribution in [0.5, 0.6) is 0 Å². The number of imidazole rings is 1. The number of aliphatic hydroxyl groups is 1. The first-order chi connectivity index (χ1) is 8.22. The molecule has 1 N–H and O–H groups in total. The molecule has 17 heavy (non-hydrogen) atoms. The van der Waals surface area contributed by atoms with E-state index in [1.807, 2.05) is 0 Å². The Morgan fingerprint density at radius 2 is 2.47 bits per heavy atom. The SMILES string of the molecule is [N-]=[N+]=NCC(=O)N1C[C@H](O)[C@@H](n2ccnc2)C1. The number of azide groups is 1. The fourth-order valence-corrected chi connectivity index (χ4v) is 1.92. The average molecular weight is 236 g/mol. The monoisotopic (exact) mass is 236 g/mol. The highest BCUT2D eigenvalue weighted by atomic mass is 16.3. The zero-order valence-electron chi connectivity index (χ0n) is 9.05. The van der Waals surface area contributed by atoms with Crippen molar-refractivity contribution in [3.63, 3.8) is 0 Å². The van der Waals surface area contributed by atoms with Gasteiger partial charge in [0.25, 0.3) is 0 Å². The first kappa shape index (κ1) is 11.4. The Kier molecular flexibility index (Phi) is 3.27. The molecule has 1 aliphatic heterocycles. The van der Waals surface area contributed by atoms with Gasteiger partial charge >= 0.3 is 0 Å². The van der Waals surface area contributed by atoms with E-state index in [1.165, 1.54) is 4.90 Å². The topological polar surface area (TPSA) is 107 Å². The van der Waals surface area contributed by atoms with E-state index in [-0.39, 0.29) is 25.0 Å². The van der Waals surface area contributed by atoms with Crippen LogP contribution in [0.3, 0.4) is 0 Å². The second-order valence-electron chi connectivity index (χ2n) is 3.83. The highest BCUT2D eigenvalue weighted by Crippen LogP contribution is 2.21. The van der Waals surface area contributed by atoms with Gasteiger partial charge in [0.15, 0.2) is 0 Å². The first-order valence-electron chi connectivity index (χ1n) is 5.16. The number of nitrogens with zero attached hydrogens (tertiary/aromatic N) is 6. The molecule has 2 heterocycles. The molecule has 2 atom stereocenters. The molecule has 0 saturated carbocycles. The molecule has 1 aromatic heterocycles. The van der Waals surface area contributed by atoms with Gasteiger partial charge in [-0.05, 0) is 5.53 Å². The van der Waals surface area contributed by atoms with E-state index in [0.717, 1.165) is 0 Å². The lowest BCUT2D eigenvalue weighted by atomic mass is 10.2. The standard InChI is InChI=1S/C9H12N6O2/c10-13-12-3-9(17)15-4-7(8(16)5-15)14-2-1-11-6-14/h1-2,6-8,16H,3-5H2/t7-,8-/m0/s1. The third-order valence-electron chi connectivity index (χ3n) is 2.79. The van der Waals surface area contributed by atoms with Gasteiger partial charge < -0.3 is 14.6 Å². The minimum atomic E-state index is -0.626. The molecule has 0 aromatic carbocycles. The minimum absolute atomic E-state index is 0.187. The van der Waals surface area contributed by atoms with Crippen molar-refractivity contribution in [2.45, 2.75) is 12.1 Å². The molecule has 0 bridgehead atoms. The van der Waals surface area contributed by atoms with Crippen LogP contribution in [0.4, 0.5) is 0 Å². The summed E-state index contributed by atoms with van der Waals surface area (Å²) >= 11 is 0. The summed E-state index contributed by atoms with van der Waals surface area (Å²) in [6.45, 7) is 0.444. The summed E-state index contributed by atoms with van der Waals surface area (Å²) in [6.07, 6.45) is 4.35. The van der Waals surface area contributed by atoms with E-state index in [4.69, 9.17) is 5.53 Å². The molecule has 1 aromatic rings. The predicted octanol–water partition coefficient (Wildman–Crippen LogP) is -0.0624. The highest BCUT2D eigenvalue weighted by Gasteiger charge is 2.34. The van der Waals surface area contributed by atoms with Crippen molar-refractivity contribution in [2.24, 2.45) is 5.11 Å². The molecule has 2 rings (SSSR count). The molecule has 1 aliphatic rings. The zero-order chi connectivity index (χ0) is 12.3. The molecule has 8 nitrogen and oxygen atoms in total. The maximum Gasteiger partial charge on any atom is 0.228 e. The van der Waals surface area contributed by atoms with Crippen LogP contribution >= 0.6 is 0 Å². The zero-order valence-corrected chi connectivity index (χ0v) is 9.05. The van der Waals surface area contributed by atoms with Crippen molar-refractivity contribution >= 4 is 5.91 Å². The summed E-state index contributed by atoms with van der Waals surface area (Å²) in [6, 6.07) is -0.187. The summed E-state index contributed by atoms with van der Waals surface area (Å²) in [7, 11) is 0. The maximum atomic E-state index is 11.6. The Morgan fingerprint density at radius 3 is 3.12 bits per heavy atom. The van der Waals surface area contributed by atoms with Crippen molar-refractivity contribution in [1.82, 2.24) is 14.5 Å². The number of rotatable bonds is 3. The van der Waals surface area contributed by atoms with Crippen LogP contribution in [0.15, 0.2) is 23.8 Å². The van der Waals surface area contributed by atoms with E-state index < -0.39 is 6.10 Å². The van der Waals surface area contributed by atoms with Crippen LogP contribution in [-0.4, -0.2) is 51.2 Å². The summed E-state index contributed by atoms with van der Waals surface area (Å²) in [5.74, 6) is -0.274. The Bertz CT molecular complexity index is 438. The summed E-state index contributed by atoms with van der Waals surface area (Å²) in [4.78, 5) is 19.5. The Morgan fingerprint density at radius 1 is 1.65 bits per heavy atom. The molecule has 0 radical (unpaired) electrons. The van der Waals surface area contributed by atoms with Gasteiger partial charge in [0.05, 0.1) is 18.5 Å². The number of carbonyl (C=O) groups excluding carboxylic acids is 1. The predicted molar refractivity (Wildman–Crippen MR) is 57.9 cm³/mol. The third kappa shape index (κ3) is 2.38. The van der Waals surface area contributed by atoms with Crippen LogP contribution in [0.2, 0.25) is 0 Å². The number of hydrogen-bond acceptors (Lipinski definition) is 4. The van der Waals surface area contributed by atoms with E-state index in [9.17, 15) is 9.90 Å². The second-order valence-corrected chi connectivity index (χ2v) is 3.83. The minimum Gasteiger partial charge on any atom is -0.389 e. The number of hydrogen-bond donors (Lipinski definition) is 1. The summed E-state index contributed by atoms with van der Waals surface area (Å²) < 4.78 is 1.77. The van der Waals surface area contributed by atoms with E-state index in [1.54, 1.807) is 23.3 Å². The molecular formula is C9H12N6O2. The number of amides is 1. The largest absolute Gasteiger partial charge is 0.389 e. The quantitative estimate of drug-likeness (QED) is 0.451. The lowest BCUT2D eigenvalue weighted by Gasteiger charge is -2.15. The van der Waals surface area contributed by atoms with Gasteiger partial charge in [-0.25, -0.2) is 4.98 Å². The third-order valence-corrected chi connectivity index (χ3v) is 2.79. The Labute approximate surface area is 97.1 Å². The van der Waals surface area contributed by atoms with Gasteiger partial charge in [-0.2, -0.15) is 0 Å². The fraction of sp³-hybridized carbons (Fsp3) is 0.556. The number of likely N-dealkylation sites (tertiary alicyclic amines) is 1. The lowest BCUT2D eigenvalue weighted by Crippen LogP contribution is -2.31. The normalized spacial score (nSPS) is 23.5. The number of β-amino-alcohol motifs (C(OH)–C–C–N with tert-alkyl or cyclic N) is 1. The van der Waals surface area contributed by atoms with Gasteiger partial charge in [0.2, 0.25) is 5.91 Å². The molecule has 1 fully saturated rings. The summed E-state index contributed by atoms with van der Waals surface area (Å²) in [5.41, 5.74) is 8.14. The Balaban J connectivity index is 2.02. The van der Waals surface area contributed by atoms with Crippen LogP contribution in [0.1, 0.15) is 6.04 Å². The molecule has 1 amide bonds. The van der Waals surface area contributed by atoms with Crippen molar-refractivity contribution in [3.8, 4) is 0 Å². The molecule has 8 heteroatoms. The number of aromatic nitrogens is 2. The maximum absolute atomic E-state index is 11.6. The van der Waals surface area contributed by atoms with Gasteiger partial charge in [0.1, 0.15) is 6.54 Å². The van der Waals surface area contributed by atoms with E-state index in [0.29, 0.717) is 6.54 Å². The highest BCUT2D eigenvalue weighted by molar-refractivity contribution is 5.78. The van der Waals surface area contributed by atoms with Gasteiger partial charge in [-0.1, -0.05) is 5.11 Å². The smallest absolute Gasteiger partial charge is 0.228 e. The number of carbonyl (C=O) groups is 1.